The molecule has 0 atom stereocenters. The number of carbonyl (C=O) groups excluding carboxylic acids is 1. The first-order valence-electron chi connectivity index (χ1n) is 10.9. The van der Waals surface area contributed by atoms with Crippen LogP contribution in [0.3, 0.4) is 0 Å². The number of para-hydroxylation sites is 1. The van der Waals surface area contributed by atoms with E-state index in [2.05, 4.69) is 89.6 Å². The van der Waals surface area contributed by atoms with Crippen LogP contribution in [0.1, 0.15) is 42.6 Å². The van der Waals surface area contributed by atoms with Gasteiger partial charge in [-0.05, 0) is 47.5 Å². The Kier molecular flexibility index (Phi) is 7.00. The number of amides is 1. The molecule has 2 heterocycles. The van der Waals surface area contributed by atoms with Crippen molar-refractivity contribution in [2.24, 2.45) is 0 Å². The van der Waals surface area contributed by atoms with Crippen LogP contribution in [-0.4, -0.2) is 26.4 Å². The van der Waals surface area contributed by atoms with Gasteiger partial charge in [-0.2, -0.15) is 0 Å². The third-order valence-electron chi connectivity index (χ3n) is 5.25. The standard InChI is InChI=1S/C26H28N4OS2/c1-18-11-13-19(14-12-18)30-23(16-20-8-7-15-32-20)28-29-25(30)33-17-24(31)27-22-10-6-5-9-21(22)26(2,3)4/h5-15H,16-17H2,1-4H3,(H,27,31). The molecule has 2 aromatic heterocycles. The fourth-order valence-corrected chi connectivity index (χ4v) is 5.07. The van der Waals surface area contributed by atoms with E-state index in [4.69, 9.17) is 0 Å². The number of carbonyl (C=O) groups is 1. The maximum atomic E-state index is 12.8. The molecule has 33 heavy (non-hydrogen) atoms. The van der Waals surface area contributed by atoms with Crippen molar-refractivity contribution in [2.75, 3.05) is 11.1 Å². The molecule has 0 aliphatic heterocycles. The first-order valence-corrected chi connectivity index (χ1v) is 12.7. The van der Waals surface area contributed by atoms with E-state index in [0.29, 0.717) is 11.6 Å². The molecule has 0 saturated carbocycles. The lowest BCUT2D eigenvalue weighted by atomic mass is 9.86. The first kappa shape index (κ1) is 23.3. The highest BCUT2D eigenvalue weighted by molar-refractivity contribution is 7.99. The molecule has 2 aromatic carbocycles. The van der Waals surface area contributed by atoms with Crippen LogP contribution in [0.5, 0.6) is 0 Å². The summed E-state index contributed by atoms with van der Waals surface area (Å²) in [6, 6.07) is 20.4. The molecule has 0 aliphatic rings. The summed E-state index contributed by atoms with van der Waals surface area (Å²) in [6.07, 6.45) is 0.699. The van der Waals surface area contributed by atoms with Gasteiger partial charge in [0.2, 0.25) is 5.91 Å². The van der Waals surface area contributed by atoms with Crippen LogP contribution < -0.4 is 5.32 Å². The van der Waals surface area contributed by atoms with Crippen LogP contribution in [0, 0.1) is 6.92 Å². The van der Waals surface area contributed by atoms with Crippen molar-refractivity contribution in [3.63, 3.8) is 0 Å². The fraction of sp³-hybridized carbons (Fsp3) is 0.269. The number of nitrogens with one attached hydrogen (secondary N) is 1. The van der Waals surface area contributed by atoms with Crippen LogP contribution >= 0.6 is 23.1 Å². The molecule has 5 nitrogen and oxygen atoms in total. The largest absolute Gasteiger partial charge is 0.325 e. The van der Waals surface area contributed by atoms with Gasteiger partial charge in [0.05, 0.1) is 5.75 Å². The zero-order valence-corrected chi connectivity index (χ0v) is 21.0. The lowest BCUT2D eigenvalue weighted by Gasteiger charge is -2.23. The van der Waals surface area contributed by atoms with Gasteiger partial charge in [-0.3, -0.25) is 9.36 Å². The van der Waals surface area contributed by atoms with Crippen molar-refractivity contribution in [1.82, 2.24) is 14.8 Å². The topological polar surface area (TPSA) is 59.8 Å². The second-order valence-electron chi connectivity index (χ2n) is 8.96. The average Bonchev–Trinajstić information content (AvgIpc) is 3.43. The van der Waals surface area contributed by atoms with Gasteiger partial charge in [-0.25, -0.2) is 0 Å². The molecular formula is C26H28N4OS2. The fourth-order valence-electron chi connectivity index (χ4n) is 3.59. The molecule has 4 rings (SSSR count). The molecule has 0 spiro atoms. The van der Waals surface area contributed by atoms with Crippen LogP contribution in [0.2, 0.25) is 0 Å². The molecule has 0 fully saturated rings. The number of hydrogen-bond donors (Lipinski definition) is 1. The summed E-state index contributed by atoms with van der Waals surface area (Å²) in [7, 11) is 0. The van der Waals surface area contributed by atoms with Gasteiger partial charge in [-0.1, -0.05) is 74.5 Å². The molecule has 4 aromatic rings. The summed E-state index contributed by atoms with van der Waals surface area (Å²) in [5.74, 6) is 1.05. The zero-order chi connectivity index (χ0) is 23.4. The van der Waals surface area contributed by atoms with Gasteiger partial charge < -0.3 is 5.32 Å². The lowest BCUT2D eigenvalue weighted by Crippen LogP contribution is -2.20. The normalized spacial score (nSPS) is 11.5. The Labute approximate surface area is 203 Å². The van der Waals surface area contributed by atoms with E-state index >= 15 is 0 Å². The number of benzene rings is 2. The molecule has 7 heteroatoms. The zero-order valence-electron chi connectivity index (χ0n) is 19.3. The van der Waals surface area contributed by atoms with Crippen LogP contribution in [0.4, 0.5) is 5.69 Å². The molecule has 0 saturated heterocycles. The van der Waals surface area contributed by atoms with Gasteiger partial charge in [0.1, 0.15) is 5.82 Å². The van der Waals surface area contributed by atoms with E-state index in [1.165, 1.54) is 22.2 Å². The monoisotopic (exact) mass is 476 g/mol. The van der Waals surface area contributed by atoms with Crippen molar-refractivity contribution in [1.29, 1.82) is 0 Å². The highest BCUT2D eigenvalue weighted by atomic mass is 32.2. The number of aromatic nitrogens is 3. The third kappa shape index (κ3) is 5.72. The smallest absolute Gasteiger partial charge is 0.234 e. The second kappa shape index (κ2) is 9.93. The minimum Gasteiger partial charge on any atom is -0.325 e. The summed E-state index contributed by atoms with van der Waals surface area (Å²) in [6.45, 7) is 8.50. The molecule has 0 unspecified atom stereocenters. The highest BCUT2D eigenvalue weighted by Crippen LogP contribution is 2.30. The predicted octanol–water partition coefficient (Wildman–Crippen LogP) is 6.26. The van der Waals surface area contributed by atoms with Crippen molar-refractivity contribution in [3.05, 3.63) is 87.9 Å². The Morgan fingerprint density at radius 1 is 1.03 bits per heavy atom. The highest BCUT2D eigenvalue weighted by Gasteiger charge is 2.20. The van der Waals surface area contributed by atoms with Gasteiger partial charge in [0.25, 0.3) is 0 Å². The number of anilines is 1. The Morgan fingerprint density at radius 3 is 2.48 bits per heavy atom. The SMILES string of the molecule is Cc1ccc(-n2c(Cc3cccs3)nnc2SCC(=O)Nc2ccccc2C(C)(C)C)cc1. The molecule has 0 radical (unpaired) electrons. The first-order chi connectivity index (χ1) is 15.8. The number of rotatable bonds is 7. The maximum absolute atomic E-state index is 12.8. The Morgan fingerprint density at radius 2 is 1.79 bits per heavy atom. The number of thioether (sulfide) groups is 1. The quantitative estimate of drug-likeness (QED) is 0.320. The molecule has 1 amide bonds. The van der Waals surface area contributed by atoms with E-state index < -0.39 is 0 Å². The summed E-state index contributed by atoms with van der Waals surface area (Å²) in [5.41, 5.74) is 4.11. The average molecular weight is 477 g/mol. The summed E-state index contributed by atoms with van der Waals surface area (Å²) in [5, 5.41) is 14.8. The number of hydrogen-bond acceptors (Lipinski definition) is 5. The summed E-state index contributed by atoms with van der Waals surface area (Å²) < 4.78 is 2.06. The second-order valence-corrected chi connectivity index (χ2v) is 10.9. The predicted molar refractivity (Wildman–Crippen MR) is 138 cm³/mol. The van der Waals surface area contributed by atoms with Crippen LogP contribution in [-0.2, 0) is 16.6 Å². The number of thiophene rings is 1. The molecule has 0 aliphatic carbocycles. The van der Waals surface area contributed by atoms with Crippen molar-refractivity contribution < 1.29 is 4.79 Å². The summed E-state index contributed by atoms with van der Waals surface area (Å²) in [4.78, 5) is 14.1. The van der Waals surface area contributed by atoms with Gasteiger partial charge in [-0.15, -0.1) is 21.5 Å². The van der Waals surface area contributed by atoms with Gasteiger partial charge >= 0.3 is 0 Å². The van der Waals surface area contributed by atoms with Crippen LogP contribution in [0.25, 0.3) is 5.69 Å². The van der Waals surface area contributed by atoms with Gasteiger partial charge in [0, 0.05) is 22.7 Å². The lowest BCUT2D eigenvalue weighted by molar-refractivity contribution is -0.113. The minimum atomic E-state index is -0.0602. The van der Waals surface area contributed by atoms with E-state index in [1.807, 2.05) is 24.3 Å². The molecule has 1 N–H and O–H groups in total. The molecular weight excluding hydrogens is 448 g/mol. The van der Waals surface area contributed by atoms with Gasteiger partial charge in [0.15, 0.2) is 5.16 Å². The van der Waals surface area contributed by atoms with Crippen molar-refractivity contribution >= 4 is 34.7 Å². The third-order valence-corrected chi connectivity index (χ3v) is 7.05. The number of nitrogens with zero attached hydrogens (tertiary/aromatic N) is 3. The Hall–Kier alpha value is -2.90. The van der Waals surface area contributed by atoms with Crippen molar-refractivity contribution in [2.45, 2.75) is 44.7 Å². The Balaban J connectivity index is 1.54. The van der Waals surface area contributed by atoms with E-state index in [0.717, 1.165) is 22.8 Å². The Bertz CT molecular complexity index is 1220. The van der Waals surface area contributed by atoms with E-state index in [1.54, 1.807) is 11.3 Å². The van der Waals surface area contributed by atoms with E-state index in [-0.39, 0.29) is 17.1 Å². The minimum absolute atomic E-state index is 0.0562. The maximum Gasteiger partial charge on any atom is 0.234 e. The summed E-state index contributed by atoms with van der Waals surface area (Å²) >= 11 is 3.10. The van der Waals surface area contributed by atoms with E-state index in [9.17, 15) is 4.79 Å². The van der Waals surface area contributed by atoms with Crippen molar-refractivity contribution in [3.8, 4) is 5.69 Å². The van der Waals surface area contributed by atoms with Crippen LogP contribution in [0.15, 0.2) is 71.2 Å². The molecule has 170 valence electrons. The molecule has 0 bridgehead atoms. The number of aryl methyl sites for hydroxylation is 1.